The lowest BCUT2D eigenvalue weighted by Gasteiger charge is -2.03. The zero-order valence-electron chi connectivity index (χ0n) is 16.2. The lowest BCUT2D eigenvalue weighted by molar-refractivity contribution is -0.510. The van der Waals surface area contributed by atoms with Gasteiger partial charge in [-0.15, -0.1) is 0 Å². The third-order valence-corrected chi connectivity index (χ3v) is 6.07. The average Bonchev–Trinajstić information content (AvgIpc) is 3.33. The summed E-state index contributed by atoms with van der Waals surface area (Å²) in [5.74, 6) is 0. The van der Waals surface area contributed by atoms with Gasteiger partial charge in [0.05, 0.1) is 11.7 Å². The van der Waals surface area contributed by atoms with Gasteiger partial charge in [-0.25, -0.2) is 0 Å². The number of hydrogen-bond donors (Lipinski definition) is 1. The van der Waals surface area contributed by atoms with Crippen LogP contribution in [0.25, 0.3) is 44.3 Å². The average molecular weight is 465 g/mol. The van der Waals surface area contributed by atoms with Gasteiger partial charge < -0.3 is 17.4 Å². The molecule has 0 spiro atoms. The van der Waals surface area contributed by atoms with Gasteiger partial charge in [0.2, 0.25) is 5.52 Å². The fourth-order valence-electron chi connectivity index (χ4n) is 4.20. The van der Waals surface area contributed by atoms with Crippen molar-refractivity contribution in [2.24, 2.45) is 0 Å². The molecule has 0 amide bonds. The van der Waals surface area contributed by atoms with E-state index in [0.717, 1.165) is 38.5 Å². The highest BCUT2D eigenvalue weighted by Crippen LogP contribution is 2.34. The molecule has 0 unspecified atom stereocenters. The van der Waals surface area contributed by atoms with Crippen LogP contribution in [0.5, 0.6) is 0 Å². The van der Waals surface area contributed by atoms with E-state index in [1.165, 1.54) is 10.8 Å². The first-order valence-corrected chi connectivity index (χ1v) is 10.4. The third-order valence-electron chi connectivity index (χ3n) is 5.57. The van der Waals surface area contributed by atoms with Gasteiger partial charge in [0.15, 0.2) is 5.69 Å². The number of imidazole rings is 1. The van der Waals surface area contributed by atoms with Gasteiger partial charge in [-0.1, -0.05) is 41.4 Å². The minimum absolute atomic E-state index is 0. The Kier molecular flexibility index (Phi) is 4.90. The van der Waals surface area contributed by atoms with E-state index in [2.05, 4.69) is 68.9 Å². The first kappa shape index (κ1) is 20.0. The quantitative estimate of drug-likeness (QED) is 0.377. The summed E-state index contributed by atoms with van der Waals surface area (Å²) in [4.78, 5) is 3.64. The Morgan fingerprint density at radius 1 is 0.742 bits per heavy atom. The third kappa shape index (κ3) is 3.17. The highest BCUT2D eigenvalue weighted by molar-refractivity contribution is 6.31. The van der Waals surface area contributed by atoms with Crippen molar-refractivity contribution in [2.75, 3.05) is 0 Å². The smallest absolute Gasteiger partial charge is 0.254 e. The normalized spacial score (nSPS) is 11.3. The molecule has 0 aliphatic carbocycles. The number of aromatic nitrogens is 3. The zero-order valence-corrected chi connectivity index (χ0v) is 18.5. The lowest BCUT2D eigenvalue weighted by atomic mass is 10.1. The topological polar surface area (TPSA) is 24.8 Å². The van der Waals surface area contributed by atoms with Crippen molar-refractivity contribution in [3.8, 4) is 16.9 Å². The second kappa shape index (κ2) is 7.61. The highest BCUT2D eigenvalue weighted by Gasteiger charge is 2.24. The largest absolute Gasteiger partial charge is 1.00 e. The van der Waals surface area contributed by atoms with Crippen molar-refractivity contribution in [1.82, 2.24) is 9.55 Å². The molecule has 0 fully saturated rings. The van der Waals surface area contributed by atoms with Gasteiger partial charge in [-0.05, 0) is 60.7 Å². The fraction of sp³-hybridized carbons (Fsp3) is 0. The van der Waals surface area contributed by atoms with Crippen molar-refractivity contribution < 1.29 is 16.8 Å². The molecule has 3 heterocycles. The molecule has 0 saturated heterocycles. The van der Waals surface area contributed by atoms with Crippen molar-refractivity contribution in [1.29, 1.82) is 0 Å². The van der Waals surface area contributed by atoms with Crippen molar-refractivity contribution in [3.05, 3.63) is 101 Å². The summed E-state index contributed by atoms with van der Waals surface area (Å²) >= 11 is 12.3. The molecule has 31 heavy (non-hydrogen) atoms. The predicted molar refractivity (Wildman–Crippen MR) is 124 cm³/mol. The van der Waals surface area contributed by atoms with Gasteiger partial charge in [0.25, 0.3) is 6.33 Å². The van der Waals surface area contributed by atoms with Crippen molar-refractivity contribution in [3.63, 3.8) is 0 Å². The lowest BCUT2D eigenvalue weighted by Crippen LogP contribution is -3.00. The second-order valence-electron chi connectivity index (χ2n) is 7.35. The number of nitrogens with zero attached hydrogens (tertiary/aromatic N) is 2. The van der Waals surface area contributed by atoms with E-state index < -0.39 is 0 Å². The number of rotatable bonds is 2. The second-order valence-corrected chi connectivity index (χ2v) is 8.22. The minimum Gasteiger partial charge on any atom is -1.00 e. The molecular weight excluding hydrogens is 449 g/mol. The van der Waals surface area contributed by atoms with E-state index in [0.29, 0.717) is 5.02 Å². The molecule has 152 valence electrons. The zero-order chi connectivity index (χ0) is 20.2. The standard InChI is InChI=1S/C25H16Cl2N3.ClH/c26-17-7-5-16(6-8-17)24-25-23-21(20-3-1-2-4-22(20)28-23)13-14-29(25)15-30(24)19-11-9-18(27)10-12-19;/h1-15,28H;1H/q+1;/p-1. The summed E-state index contributed by atoms with van der Waals surface area (Å²) in [6.45, 7) is 0. The van der Waals surface area contributed by atoms with Crippen LogP contribution in [0.3, 0.4) is 0 Å². The molecule has 0 saturated carbocycles. The van der Waals surface area contributed by atoms with E-state index in [1.807, 2.05) is 36.4 Å². The van der Waals surface area contributed by atoms with Crippen LogP contribution < -0.4 is 16.8 Å². The first-order chi connectivity index (χ1) is 14.7. The van der Waals surface area contributed by atoms with Crippen LogP contribution in [0.15, 0.2) is 91.4 Å². The molecule has 0 atom stereocenters. The SMILES string of the molecule is Clc1ccc(-c2c3c4[nH]c5ccccc5c4cc[n+]3cn2-c2ccc(Cl)cc2)cc1.[Cl-]. The highest BCUT2D eigenvalue weighted by atomic mass is 35.5. The van der Waals surface area contributed by atoms with Crippen LogP contribution in [-0.2, 0) is 0 Å². The summed E-state index contributed by atoms with van der Waals surface area (Å²) in [7, 11) is 0. The van der Waals surface area contributed by atoms with Crippen LogP contribution in [0.4, 0.5) is 0 Å². The Balaban J connectivity index is 0.00000204. The van der Waals surface area contributed by atoms with Crippen molar-refractivity contribution in [2.45, 2.75) is 0 Å². The molecule has 6 aromatic rings. The van der Waals surface area contributed by atoms with Gasteiger partial charge in [-0.2, -0.15) is 8.97 Å². The number of H-pyrrole nitrogens is 1. The van der Waals surface area contributed by atoms with E-state index in [9.17, 15) is 0 Å². The number of halogens is 3. The van der Waals surface area contributed by atoms with Crippen molar-refractivity contribution >= 4 is 50.5 Å². The molecule has 1 N–H and O–H groups in total. The Labute approximate surface area is 194 Å². The maximum atomic E-state index is 6.18. The maximum absolute atomic E-state index is 6.18. The number of benzene rings is 3. The van der Waals surface area contributed by atoms with Gasteiger partial charge in [0, 0.05) is 31.9 Å². The van der Waals surface area contributed by atoms with Crippen LogP contribution in [0, 0.1) is 0 Å². The summed E-state index contributed by atoms with van der Waals surface area (Å²) in [5.41, 5.74) is 6.56. The number of nitrogens with one attached hydrogen (secondary N) is 1. The summed E-state index contributed by atoms with van der Waals surface area (Å²) in [6, 6.07) is 26.4. The van der Waals surface area contributed by atoms with E-state index in [4.69, 9.17) is 23.2 Å². The molecular formula is C25H16Cl3N3. The Bertz CT molecular complexity index is 1550. The molecule has 0 bridgehead atoms. The maximum Gasteiger partial charge on any atom is 0.254 e. The summed E-state index contributed by atoms with van der Waals surface area (Å²) in [6.07, 6.45) is 4.22. The van der Waals surface area contributed by atoms with E-state index >= 15 is 0 Å². The molecule has 3 aromatic carbocycles. The number of hydrogen-bond acceptors (Lipinski definition) is 0. The summed E-state index contributed by atoms with van der Waals surface area (Å²) < 4.78 is 4.36. The minimum atomic E-state index is 0. The van der Waals surface area contributed by atoms with E-state index in [-0.39, 0.29) is 12.4 Å². The molecule has 0 radical (unpaired) electrons. The number of fused-ring (bicyclic) bond motifs is 5. The van der Waals surface area contributed by atoms with Crippen LogP contribution in [-0.4, -0.2) is 9.55 Å². The molecule has 6 heteroatoms. The van der Waals surface area contributed by atoms with E-state index in [1.54, 1.807) is 0 Å². The molecule has 0 aliphatic rings. The van der Waals surface area contributed by atoms with Crippen LogP contribution in [0.1, 0.15) is 0 Å². The molecule has 0 aliphatic heterocycles. The first-order valence-electron chi connectivity index (χ1n) is 9.67. The molecule has 3 nitrogen and oxygen atoms in total. The predicted octanol–water partition coefficient (Wildman–Crippen LogP) is 3.83. The number of aromatic amines is 1. The molecule has 3 aromatic heterocycles. The Morgan fingerprint density at radius 2 is 1.42 bits per heavy atom. The number of pyridine rings is 1. The number of para-hydroxylation sites is 1. The molecule has 6 rings (SSSR count). The van der Waals surface area contributed by atoms with Gasteiger partial charge >= 0.3 is 0 Å². The van der Waals surface area contributed by atoms with Crippen LogP contribution in [0.2, 0.25) is 10.0 Å². The van der Waals surface area contributed by atoms with Gasteiger partial charge in [-0.3, -0.25) is 0 Å². The van der Waals surface area contributed by atoms with Crippen LogP contribution >= 0.6 is 23.2 Å². The monoisotopic (exact) mass is 463 g/mol. The van der Waals surface area contributed by atoms with Gasteiger partial charge in [0.1, 0.15) is 5.69 Å². The Hall–Kier alpha value is -2.98. The fourth-order valence-corrected chi connectivity index (χ4v) is 4.45. The summed E-state index contributed by atoms with van der Waals surface area (Å²) in [5, 5.41) is 3.86. The Morgan fingerprint density at radius 3 is 2.16 bits per heavy atom.